The highest BCUT2D eigenvalue weighted by molar-refractivity contribution is 9.10. The van der Waals surface area contributed by atoms with Gasteiger partial charge in [-0.3, -0.25) is 0 Å². The van der Waals surface area contributed by atoms with E-state index in [4.69, 9.17) is 4.98 Å². The van der Waals surface area contributed by atoms with Crippen molar-refractivity contribution in [1.82, 2.24) is 9.88 Å². The van der Waals surface area contributed by atoms with Crippen molar-refractivity contribution in [2.24, 2.45) is 0 Å². The first-order valence-electron chi connectivity index (χ1n) is 8.02. The first-order valence-corrected chi connectivity index (χ1v) is 8.81. The van der Waals surface area contributed by atoms with Gasteiger partial charge in [0.15, 0.2) is 0 Å². The van der Waals surface area contributed by atoms with Gasteiger partial charge in [0.1, 0.15) is 17.3 Å². The zero-order valence-corrected chi connectivity index (χ0v) is 15.2. The van der Waals surface area contributed by atoms with Gasteiger partial charge in [0.25, 0.3) is 0 Å². The molecule has 2 aromatic rings. The van der Waals surface area contributed by atoms with E-state index in [0.717, 1.165) is 54.1 Å². The number of aromatic hydroxyl groups is 1. The lowest BCUT2D eigenvalue weighted by Gasteiger charge is -2.35. The summed E-state index contributed by atoms with van der Waals surface area (Å²) < 4.78 is 1.03. The zero-order chi connectivity index (χ0) is 16.4. The van der Waals surface area contributed by atoms with E-state index in [1.807, 2.05) is 31.2 Å². The number of anilines is 1. The van der Waals surface area contributed by atoms with Crippen molar-refractivity contribution in [1.29, 1.82) is 0 Å². The molecule has 0 unspecified atom stereocenters. The number of pyridine rings is 1. The van der Waals surface area contributed by atoms with Crippen LogP contribution >= 0.6 is 15.9 Å². The molecule has 0 bridgehead atoms. The number of piperazine rings is 1. The van der Waals surface area contributed by atoms with Gasteiger partial charge < -0.3 is 14.9 Å². The molecule has 2 heterocycles. The van der Waals surface area contributed by atoms with Crippen LogP contribution in [0.1, 0.15) is 12.5 Å². The van der Waals surface area contributed by atoms with E-state index < -0.39 is 0 Å². The van der Waals surface area contributed by atoms with Gasteiger partial charge in [-0.2, -0.15) is 0 Å². The number of likely N-dealkylation sites (N-methyl/N-ethyl adjacent to an activating group) is 1. The number of hydrogen-bond acceptors (Lipinski definition) is 4. The van der Waals surface area contributed by atoms with Crippen LogP contribution < -0.4 is 4.90 Å². The lowest BCUT2D eigenvalue weighted by molar-refractivity contribution is 0.270. The predicted molar refractivity (Wildman–Crippen MR) is 98.1 cm³/mol. The topological polar surface area (TPSA) is 39.6 Å². The van der Waals surface area contributed by atoms with E-state index in [9.17, 15) is 5.11 Å². The molecule has 1 N–H and O–H groups in total. The second kappa shape index (κ2) is 6.89. The molecule has 3 rings (SSSR count). The Labute approximate surface area is 145 Å². The molecular weight excluding hydrogens is 354 g/mol. The van der Waals surface area contributed by atoms with Crippen molar-refractivity contribution >= 4 is 21.7 Å². The van der Waals surface area contributed by atoms with Crippen LogP contribution in [0.4, 0.5) is 5.82 Å². The smallest absolute Gasteiger partial charge is 0.142 e. The van der Waals surface area contributed by atoms with E-state index in [-0.39, 0.29) is 5.75 Å². The summed E-state index contributed by atoms with van der Waals surface area (Å²) in [6, 6.07) is 9.69. The van der Waals surface area contributed by atoms with Crippen LogP contribution in [-0.2, 0) is 0 Å². The Morgan fingerprint density at radius 2 is 1.87 bits per heavy atom. The van der Waals surface area contributed by atoms with Crippen LogP contribution in [0.5, 0.6) is 5.75 Å². The Morgan fingerprint density at radius 1 is 1.13 bits per heavy atom. The van der Waals surface area contributed by atoms with Crippen molar-refractivity contribution < 1.29 is 5.11 Å². The van der Waals surface area contributed by atoms with Gasteiger partial charge in [-0.1, -0.05) is 28.9 Å². The number of aromatic nitrogens is 1. The molecule has 0 saturated carbocycles. The molecule has 5 heteroatoms. The Hall–Kier alpha value is -1.59. The molecule has 1 aromatic heterocycles. The predicted octanol–water partition coefficient (Wildman–Crippen LogP) is 3.67. The number of aryl methyl sites for hydroxylation is 1. The van der Waals surface area contributed by atoms with Crippen LogP contribution in [0.2, 0.25) is 0 Å². The fourth-order valence-corrected chi connectivity index (χ4v) is 3.48. The van der Waals surface area contributed by atoms with Gasteiger partial charge in [-0.15, -0.1) is 0 Å². The summed E-state index contributed by atoms with van der Waals surface area (Å²) >= 11 is 3.48. The maximum atomic E-state index is 10.3. The monoisotopic (exact) mass is 375 g/mol. The minimum atomic E-state index is 0.228. The summed E-state index contributed by atoms with van der Waals surface area (Å²) in [7, 11) is 0. The minimum Gasteiger partial charge on any atom is -0.506 e. The van der Waals surface area contributed by atoms with Crippen LogP contribution in [0.25, 0.3) is 11.3 Å². The molecule has 0 aliphatic carbocycles. The molecule has 0 radical (unpaired) electrons. The van der Waals surface area contributed by atoms with Crippen molar-refractivity contribution in [3.8, 4) is 17.0 Å². The second-order valence-corrected chi connectivity index (χ2v) is 6.83. The quantitative estimate of drug-likeness (QED) is 0.888. The number of hydrogen-bond donors (Lipinski definition) is 1. The summed E-state index contributed by atoms with van der Waals surface area (Å²) in [6.07, 6.45) is 0. The van der Waals surface area contributed by atoms with Crippen molar-refractivity contribution in [3.05, 3.63) is 40.4 Å². The van der Waals surface area contributed by atoms with Gasteiger partial charge >= 0.3 is 0 Å². The lowest BCUT2D eigenvalue weighted by Crippen LogP contribution is -2.46. The van der Waals surface area contributed by atoms with Gasteiger partial charge in [-0.05, 0) is 43.3 Å². The largest absolute Gasteiger partial charge is 0.506 e. The molecule has 1 fully saturated rings. The Morgan fingerprint density at radius 3 is 2.52 bits per heavy atom. The van der Waals surface area contributed by atoms with Gasteiger partial charge in [0.2, 0.25) is 0 Å². The summed E-state index contributed by atoms with van der Waals surface area (Å²) in [5, 5.41) is 10.3. The number of halogens is 1. The second-order valence-electron chi connectivity index (χ2n) is 5.92. The van der Waals surface area contributed by atoms with E-state index in [2.05, 4.69) is 32.7 Å². The molecule has 4 nitrogen and oxygen atoms in total. The van der Waals surface area contributed by atoms with Crippen molar-refractivity contribution in [2.45, 2.75) is 13.8 Å². The Balaban J connectivity index is 1.90. The maximum Gasteiger partial charge on any atom is 0.142 e. The van der Waals surface area contributed by atoms with Crippen LogP contribution in [-0.4, -0.2) is 47.7 Å². The lowest BCUT2D eigenvalue weighted by atomic mass is 10.0. The highest BCUT2D eigenvalue weighted by Crippen LogP contribution is 2.33. The summed E-state index contributed by atoms with van der Waals surface area (Å²) in [5.41, 5.74) is 2.72. The number of benzene rings is 1. The Bertz CT molecular complexity index is 697. The molecular formula is C18H22BrN3O. The zero-order valence-electron chi connectivity index (χ0n) is 13.6. The third-order valence-corrected chi connectivity index (χ3v) is 4.94. The maximum absolute atomic E-state index is 10.3. The summed E-state index contributed by atoms with van der Waals surface area (Å²) in [6.45, 7) is 9.41. The molecule has 0 spiro atoms. The van der Waals surface area contributed by atoms with E-state index >= 15 is 0 Å². The van der Waals surface area contributed by atoms with Gasteiger partial charge in [0, 0.05) is 36.2 Å². The van der Waals surface area contributed by atoms with Gasteiger partial charge in [-0.25, -0.2) is 4.98 Å². The fraction of sp³-hybridized carbons (Fsp3) is 0.389. The third-order valence-electron chi connectivity index (χ3n) is 4.45. The van der Waals surface area contributed by atoms with E-state index in [1.165, 1.54) is 0 Å². The average Bonchev–Trinajstić information content (AvgIpc) is 2.56. The molecule has 1 aromatic carbocycles. The normalized spacial score (nSPS) is 15.9. The van der Waals surface area contributed by atoms with Crippen LogP contribution in [0.3, 0.4) is 0 Å². The molecule has 23 heavy (non-hydrogen) atoms. The molecule has 122 valence electrons. The van der Waals surface area contributed by atoms with E-state index in [0.29, 0.717) is 5.69 Å². The highest BCUT2D eigenvalue weighted by Gasteiger charge is 2.18. The fourth-order valence-electron chi connectivity index (χ4n) is 3.00. The van der Waals surface area contributed by atoms with Crippen LogP contribution in [0.15, 0.2) is 34.8 Å². The Kier molecular flexibility index (Phi) is 4.87. The van der Waals surface area contributed by atoms with Crippen molar-refractivity contribution in [3.63, 3.8) is 0 Å². The van der Waals surface area contributed by atoms with Crippen LogP contribution in [0, 0.1) is 6.92 Å². The van der Waals surface area contributed by atoms with E-state index in [1.54, 1.807) is 6.07 Å². The number of rotatable bonds is 3. The molecule has 1 saturated heterocycles. The molecule has 1 aliphatic rings. The SMILES string of the molecule is CCN1CCN(c2ccc(O)c(-c3ccc(Br)cc3C)n2)CC1. The number of nitrogens with zero attached hydrogens (tertiary/aromatic N) is 3. The minimum absolute atomic E-state index is 0.228. The first-order chi connectivity index (χ1) is 11.1. The third kappa shape index (κ3) is 3.51. The standard InChI is InChI=1S/C18H22BrN3O/c1-3-21-8-10-22(11-9-21)17-7-6-16(23)18(20-17)15-5-4-14(19)12-13(15)2/h4-7,12,23H,3,8-11H2,1-2H3. The molecule has 0 amide bonds. The summed E-state index contributed by atoms with van der Waals surface area (Å²) in [5.74, 6) is 1.17. The first kappa shape index (κ1) is 16.3. The summed E-state index contributed by atoms with van der Waals surface area (Å²) in [4.78, 5) is 9.49. The average molecular weight is 376 g/mol. The van der Waals surface area contributed by atoms with Crippen molar-refractivity contribution in [2.75, 3.05) is 37.6 Å². The van der Waals surface area contributed by atoms with Gasteiger partial charge in [0.05, 0.1) is 0 Å². The molecule has 0 atom stereocenters. The molecule has 1 aliphatic heterocycles. The highest BCUT2D eigenvalue weighted by atomic mass is 79.9.